The molecule has 0 saturated carbocycles. The number of fused-ring (bicyclic) bond motifs is 1. The summed E-state index contributed by atoms with van der Waals surface area (Å²) < 4.78 is 0. The van der Waals surface area contributed by atoms with Crippen LogP contribution in [0.2, 0.25) is 5.02 Å². The van der Waals surface area contributed by atoms with Crippen LogP contribution in [0.3, 0.4) is 0 Å². The van der Waals surface area contributed by atoms with Crippen molar-refractivity contribution >= 4 is 28.4 Å². The third-order valence-corrected chi connectivity index (χ3v) is 5.18. The van der Waals surface area contributed by atoms with Crippen LogP contribution in [0.25, 0.3) is 10.9 Å². The Hall–Kier alpha value is -2.63. The number of para-hydroxylation sites is 1. The van der Waals surface area contributed by atoms with Gasteiger partial charge in [-0.3, -0.25) is 9.59 Å². The topological polar surface area (TPSA) is 65.2 Å². The Kier molecular flexibility index (Phi) is 6.49. The van der Waals surface area contributed by atoms with Crippen molar-refractivity contribution in [1.29, 1.82) is 0 Å². The molecule has 3 aromatic rings. The highest BCUT2D eigenvalue weighted by Gasteiger charge is 2.18. The maximum Gasteiger partial charge on any atom is 0.251 e. The maximum atomic E-state index is 12.4. The summed E-state index contributed by atoms with van der Waals surface area (Å²) in [6, 6.07) is 17.1. The zero-order valence-electron chi connectivity index (χ0n) is 16.0. The molecule has 2 aromatic carbocycles. The van der Waals surface area contributed by atoms with Gasteiger partial charge in [0.05, 0.1) is 6.04 Å². The molecule has 0 aliphatic carbocycles. The molecule has 1 unspecified atom stereocenters. The first-order valence-corrected chi connectivity index (χ1v) is 9.62. The molecule has 1 aromatic heterocycles. The predicted molar refractivity (Wildman–Crippen MR) is 114 cm³/mol. The Morgan fingerprint density at radius 2 is 1.86 bits per heavy atom. The number of benzene rings is 2. The summed E-state index contributed by atoms with van der Waals surface area (Å²) in [5.41, 5.74) is 2.24. The highest BCUT2D eigenvalue weighted by atomic mass is 35.5. The minimum Gasteiger partial charge on any atom is -0.354 e. The number of H-pyrrole nitrogens is 1. The number of carbonyl (C=O) groups is 1. The first kappa shape index (κ1) is 20.1. The monoisotopic (exact) mass is 397 g/mol. The number of halogens is 1. The van der Waals surface area contributed by atoms with Gasteiger partial charge in [0.2, 0.25) is 5.91 Å². The van der Waals surface area contributed by atoms with Gasteiger partial charge in [0, 0.05) is 29.1 Å². The van der Waals surface area contributed by atoms with E-state index in [1.54, 1.807) is 0 Å². The van der Waals surface area contributed by atoms with Gasteiger partial charge in [-0.25, -0.2) is 0 Å². The van der Waals surface area contributed by atoms with Crippen molar-refractivity contribution in [3.63, 3.8) is 0 Å². The van der Waals surface area contributed by atoms with Crippen molar-refractivity contribution in [2.45, 2.75) is 18.9 Å². The lowest BCUT2D eigenvalue weighted by Gasteiger charge is -2.26. The second-order valence-electron chi connectivity index (χ2n) is 7.02. The van der Waals surface area contributed by atoms with Gasteiger partial charge >= 0.3 is 0 Å². The van der Waals surface area contributed by atoms with Crippen molar-refractivity contribution in [2.24, 2.45) is 0 Å². The minimum absolute atomic E-state index is 0.0262. The smallest absolute Gasteiger partial charge is 0.251 e. The van der Waals surface area contributed by atoms with E-state index in [4.69, 9.17) is 11.6 Å². The quantitative estimate of drug-likeness (QED) is 0.641. The zero-order valence-corrected chi connectivity index (χ0v) is 16.8. The van der Waals surface area contributed by atoms with Crippen LogP contribution in [0, 0.1) is 0 Å². The summed E-state index contributed by atoms with van der Waals surface area (Å²) in [5, 5.41) is 4.61. The number of rotatable bonds is 7. The summed E-state index contributed by atoms with van der Waals surface area (Å²) in [6.07, 6.45) is 0.648. The molecule has 5 nitrogen and oxygen atoms in total. The van der Waals surface area contributed by atoms with Crippen LogP contribution >= 0.6 is 11.6 Å². The molecule has 0 saturated heterocycles. The normalized spacial score (nSPS) is 12.3. The van der Waals surface area contributed by atoms with Gasteiger partial charge in [-0.05, 0) is 49.7 Å². The number of nitrogens with zero attached hydrogens (tertiary/aromatic N) is 1. The van der Waals surface area contributed by atoms with Crippen molar-refractivity contribution in [2.75, 3.05) is 20.6 Å². The SMILES string of the molecule is CN(C)C(CNC(=O)CCc1cc2ccccc2[nH]c1=O)c1ccccc1Cl. The Balaban J connectivity index is 1.62. The van der Waals surface area contributed by atoms with Crippen LogP contribution in [0.4, 0.5) is 0 Å². The van der Waals surface area contributed by atoms with Crippen LogP contribution in [0.1, 0.15) is 23.6 Å². The number of aryl methyl sites for hydroxylation is 1. The molecule has 0 fully saturated rings. The van der Waals surface area contributed by atoms with Crippen LogP contribution in [0.5, 0.6) is 0 Å². The molecule has 3 rings (SSSR count). The molecule has 0 aliphatic rings. The number of hydrogen-bond donors (Lipinski definition) is 2. The molecular formula is C22H24ClN3O2. The average molecular weight is 398 g/mol. The highest BCUT2D eigenvalue weighted by Crippen LogP contribution is 2.25. The van der Waals surface area contributed by atoms with Gasteiger partial charge in [0.15, 0.2) is 0 Å². The van der Waals surface area contributed by atoms with Crippen LogP contribution in [-0.4, -0.2) is 36.4 Å². The van der Waals surface area contributed by atoms with Crippen molar-refractivity contribution < 1.29 is 4.79 Å². The van der Waals surface area contributed by atoms with E-state index in [9.17, 15) is 9.59 Å². The van der Waals surface area contributed by atoms with E-state index in [0.717, 1.165) is 16.5 Å². The van der Waals surface area contributed by atoms with Crippen LogP contribution < -0.4 is 10.9 Å². The zero-order chi connectivity index (χ0) is 20.1. The molecule has 146 valence electrons. The van der Waals surface area contributed by atoms with E-state index < -0.39 is 0 Å². The van der Waals surface area contributed by atoms with Crippen LogP contribution in [-0.2, 0) is 11.2 Å². The van der Waals surface area contributed by atoms with E-state index in [-0.39, 0.29) is 23.9 Å². The largest absolute Gasteiger partial charge is 0.354 e. The molecule has 1 heterocycles. The Morgan fingerprint density at radius 1 is 1.14 bits per heavy atom. The Bertz CT molecular complexity index is 1030. The van der Waals surface area contributed by atoms with E-state index in [1.807, 2.05) is 73.6 Å². The molecule has 0 bridgehead atoms. The van der Waals surface area contributed by atoms with Crippen molar-refractivity contribution in [1.82, 2.24) is 15.2 Å². The second kappa shape index (κ2) is 9.04. The molecule has 0 aliphatic heterocycles. The number of hydrogen-bond acceptors (Lipinski definition) is 3. The number of amides is 1. The molecule has 0 radical (unpaired) electrons. The van der Waals surface area contributed by atoms with Gasteiger partial charge in [-0.15, -0.1) is 0 Å². The summed E-state index contributed by atoms with van der Waals surface area (Å²) in [6.45, 7) is 0.448. The molecular weight excluding hydrogens is 374 g/mol. The fraction of sp³-hybridized carbons (Fsp3) is 0.273. The van der Waals surface area contributed by atoms with E-state index in [1.165, 1.54) is 0 Å². The van der Waals surface area contributed by atoms with Crippen molar-refractivity contribution in [3.05, 3.63) is 81.1 Å². The van der Waals surface area contributed by atoms with Gasteiger partial charge < -0.3 is 15.2 Å². The second-order valence-corrected chi connectivity index (χ2v) is 7.42. The highest BCUT2D eigenvalue weighted by molar-refractivity contribution is 6.31. The predicted octanol–water partition coefficient (Wildman–Crippen LogP) is 3.53. The number of nitrogens with one attached hydrogen (secondary N) is 2. The molecule has 6 heteroatoms. The number of likely N-dealkylation sites (N-methyl/N-ethyl adjacent to an activating group) is 1. The third kappa shape index (κ3) is 4.80. The number of aromatic nitrogens is 1. The van der Waals surface area contributed by atoms with Crippen LogP contribution in [0.15, 0.2) is 59.4 Å². The van der Waals surface area contributed by atoms with Gasteiger partial charge in [0.1, 0.15) is 0 Å². The summed E-state index contributed by atoms with van der Waals surface area (Å²) in [5.74, 6) is -0.0912. The summed E-state index contributed by atoms with van der Waals surface area (Å²) >= 11 is 6.31. The Labute approximate surface area is 169 Å². The molecule has 1 amide bonds. The standard InChI is InChI=1S/C22H24ClN3O2/c1-26(2)20(17-8-4-5-9-18(17)23)14-24-21(27)12-11-16-13-15-7-3-6-10-19(15)25-22(16)28/h3-10,13,20H,11-12,14H2,1-2H3,(H,24,27)(H,25,28). The molecule has 0 spiro atoms. The molecule has 2 N–H and O–H groups in total. The van der Waals surface area contributed by atoms with Gasteiger partial charge in [-0.2, -0.15) is 0 Å². The fourth-order valence-corrected chi connectivity index (χ4v) is 3.50. The Morgan fingerprint density at radius 3 is 2.61 bits per heavy atom. The fourth-order valence-electron chi connectivity index (χ4n) is 3.24. The lowest BCUT2D eigenvalue weighted by molar-refractivity contribution is -0.121. The minimum atomic E-state index is -0.145. The first-order valence-electron chi connectivity index (χ1n) is 9.24. The molecule has 1 atom stereocenters. The number of aromatic amines is 1. The van der Waals surface area contributed by atoms with E-state index in [0.29, 0.717) is 23.6 Å². The number of carbonyl (C=O) groups excluding carboxylic acids is 1. The number of pyridine rings is 1. The van der Waals surface area contributed by atoms with E-state index in [2.05, 4.69) is 10.3 Å². The first-order chi connectivity index (χ1) is 13.5. The van der Waals surface area contributed by atoms with Crippen molar-refractivity contribution in [3.8, 4) is 0 Å². The van der Waals surface area contributed by atoms with Gasteiger partial charge in [0.25, 0.3) is 5.56 Å². The maximum absolute atomic E-state index is 12.4. The average Bonchev–Trinajstić information content (AvgIpc) is 2.67. The summed E-state index contributed by atoms with van der Waals surface area (Å²) in [4.78, 5) is 29.5. The lowest BCUT2D eigenvalue weighted by atomic mass is 10.1. The lowest BCUT2D eigenvalue weighted by Crippen LogP contribution is -2.35. The third-order valence-electron chi connectivity index (χ3n) is 4.83. The van der Waals surface area contributed by atoms with E-state index >= 15 is 0 Å². The van der Waals surface area contributed by atoms with Gasteiger partial charge in [-0.1, -0.05) is 48.0 Å². The summed E-state index contributed by atoms with van der Waals surface area (Å²) in [7, 11) is 3.91. The molecule has 28 heavy (non-hydrogen) atoms.